The number of nitro benzene ring substituents is 1. The molecule has 3 aromatic rings. The van der Waals surface area contributed by atoms with Gasteiger partial charge in [-0.3, -0.25) is 24.3 Å². The van der Waals surface area contributed by atoms with E-state index in [4.69, 9.17) is 0 Å². The fourth-order valence-electron chi connectivity index (χ4n) is 2.83. The van der Waals surface area contributed by atoms with Gasteiger partial charge in [-0.2, -0.15) is 13.2 Å². The minimum atomic E-state index is -4.76. The number of nitrogens with one attached hydrogen (secondary N) is 1. The second kappa shape index (κ2) is 9.22. The van der Waals surface area contributed by atoms with Crippen LogP contribution in [0.2, 0.25) is 0 Å². The van der Waals surface area contributed by atoms with Crippen LogP contribution in [0, 0.1) is 10.1 Å². The highest BCUT2D eigenvalue weighted by Crippen LogP contribution is 2.35. The topological polar surface area (TPSA) is 107 Å². The molecule has 8 nitrogen and oxygen atoms in total. The third-order valence-electron chi connectivity index (χ3n) is 4.27. The van der Waals surface area contributed by atoms with Crippen molar-refractivity contribution in [1.82, 2.24) is 9.55 Å². The molecular weight excluding hydrogens is 449 g/mol. The van der Waals surface area contributed by atoms with Crippen LogP contribution in [0.5, 0.6) is 0 Å². The van der Waals surface area contributed by atoms with Gasteiger partial charge in [0.25, 0.3) is 11.2 Å². The number of hydrogen-bond donors (Lipinski definition) is 1. The smallest absolute Gasteiger partial charge is 0.320 e. The first-order valence-electron chi connectivity index (χ1n) is 9.00. The van der Waals surface area contributed by atoms with E-state index >= 15 is 0 Å². The number of thioether (sulfide) groups is 1. The summed E-state index contributed by atoms with van der Waals surface area (Å²) in [5, 5.41) is 14.0. The molecule has 0 saturated carbocycles. The summed E-state index contributed by atoms with van der Waals surface area (Å²) in [5.41, 5.74) is -2.35. The monoisotopic (exact) mass is 464 g/mol. The Morgan fingerprint density at radius 3 is 2.66 bits per heavy atom. The van der Waals surface area contributed by atoms with Crippen molar-refractivity contribution in [3.8, 4) is 0 Å². The number of para-hydroxylation sites is 1. The minimum Gasteiger partial charge on any atom is -0.320 e. The van der Waals surface area contributed by atoms with Crippen molar-refractivity contribution >= 4 is 39.9 Å². The predicted molar refractivity (Wildman–Crippen MR) is 114 cm³/mol. The number of halogens is 3. The zero-order chi connectivity index (χ0) is 23.5. The molecule has 0 spiro atoms. The number of allylic oxidation sites excluding steroid dienone is 1. The highest BCUT2D eigenvalue weighted by Gasteiger charge is 2.33. The molecule has 1 N–H and O–H groups in total. The van der Waals surface area contributed by atoms with Crippen LogP contribution in [-0.2, 0) is 17.5 Å². The summed E-state index contributed by atoms with van der Waals surface area (Å²) in [7, 11) is 0. The van der Waals surface area contributed by atoms with Crippen molar-refractivity contribution in [3.05, 3.63) is 81.2 Å². The van der Waals surface area contributed by atoms with Gasteiger partial charge in [-0.1, -0.05) is 30.0 Å². The summed E-state index contributed by atoms with van der Waals surface area (Å²) in [5.74, 6) is -1.01. The van der Waals surface area contributed by atoms with Crippen molar-refractivity contribution in [2.45, 2.75) is 17.9 Å². The van der Waals surface area contributed by atoms with Gasteiger partial charge < -0.3 is 5.32 Å². The number of nitro groups is 1. The van der Waals surface area contributed by atoms with Gasteiger partial charge in [0.15, 0.2) is 5.16 Å². The number of alkyl halides is 3. The third-order valence-corrected chi connectivity index (χ3v) is 5.24. The van der Waals surface area contributed by atoms with E-state index < -0.39 is 28.3 Å². The molecule has 1 amide bonds. The van der Waals surface area contributed by atoms with E-state index in [1.54, 1.807) is 24.3 Å². The van der Waals surface area contributed by atoms with Crippen molar-refractivity contribution in [2.75, 3.05) is 11.1 Å². The van der Waals surface area contributed by atoms with Gasteiger partial charge in [-0.25, -0.2) is 4.98 Å². The first kappa shape index (κ1) is 23.0. The molecule has 0 atom stereocenters. The Balaban J connectivity index is 1.83. The van der Waals surface area contributed by atoms with Crippen LogP contribution >= 0.6 is 11.8 Å². The van der Waals surface area contributed by atoms with E-state index in [1.807, 2.05) is 0 Å². The van der Waals surface area contributed by atoms with Gasteiger partial charge in [0, 0.05) is 12.6 Å². The van der Waals surface area contributed by atoms with Crippen molar-refractivity contribution in [1.29, 1.82) is 0 Å². The average molecular weight is 464 g/mol. The van der Waals surface area contributed by atoms with Crippen molar-refractivity contribution in [2.24, 2.45) is 0 Å². The highest BCUT2D eigenvalue weighted by molar-refractivity contribution is 7.99. The number of amides is 1. The number of carbonyl (C=O) groups is 1. The molecule has 1 heterocycles. The molecule has 0 aliphatic carbocycles. The van der Waals surface area contributed by atoms with Crippen molar-refractivity contribution < 1.29 is 22.9 Å². The van der Waals surface area contributed by atoms with E-state index in [9.17, 15) is 32.9 Å². The zero-order valence-corrected chi connectivity index (χ0v) is 17.1. The summed E-state index contributed by atoms with van der Waals surface area (Å²) >= 11 is 0.907. The Labute approximate surface area is 182 Å². The number of aromatic nitrogens is 2. The Kier molecular flexibility index (Phi) is 6.63. The maximum atomic E-state index is 12.8. The predicted octanol–water partition coefficient (Wildman–Crippen LogP) is 4.24. The molecule has 0 unspecified atom stereocenters. The summed E-state index contributed by atoms with van der Waals surface area (Å²) in [4.78, 5) is 39.6. The number of hydrogen-bond acceptors (Lipinski definition) is 6. The quantitative estimate of drug-likeness (QED) is 0.184. The lowest BCUT2D eigenvalue weighted by atomic mass is 10.1. The second-order valence-corrected chi connectivity index (χ2v) is 7.38. The van der Waals surface area contributed by atoms with Crippen LogP contribution in [0.15, 0.2) is 65.1 Å². The molecule has 2 aromatic carbocycles. The van der Waals surface area contributed by atoms with Crippen LogP contribution in [0.25, 0.3) is 10.9 Å². The zero-order valence-electron chi connectivity index (χ0n) is 16.3. The normalized spacial score (nSPS) is 11.3. The molecule has 3 rings (SSSR count). The number of benzene rings is 2. The largest absolute Gasteiger partial charge is 0.416 e. The fourth-order valence-corrected chi connectivity index (χ4v) is 3.64. The summed E-state index contributed by atoms with van der Waals surface area (Å²) < 4.78 is 39.8. The molecule has 0 aliphatic heterocycles. The molecule has 32 heavy (non-hydrogen) atoms. The van der Waals surface area contributed by atoms with E-state index in [1.165, 1.54) is 10.6 Å². The Hall–Kier alpha value is -3.67. The lowest BCUT2D eigenvalue weighted by Gasteiger charge is -2.12. The average Bonchev–Trinajstić information content (AvgIpc) is 2.74. The summed E-state index contributed by atoms with van der Waals surface area (Å²) in [6.07, 6.45) is -3.27. The third kappa shape index (κ3) is 4.97. The van der Waals surface area contributed by atoms with Crippen molar-refractivity contribution in [3.63, 3.8) is 0 Å². The Morgan fingerprint density at radius 2 is 2.00 bits per heavy atom. The van der Waals surface area contributed by atoms with E-state index in [0.717, 1.165) is 17.8 Å². The molecule has 0 fully saturated rings. The molecule has 12 heteroatoms. The standard InChI is InChI=1S/C20H15F3N4O4S/c1-2-9-26-18(29)13-5-3-4-6-14(13)25-19(26)32-11-17(28)24-15-8-7-12(20(21,22)23)10-16(15)27(30)31/h2-8,10H,1,9,11H2,(H,24,28). The first-order chi connectivity index (χ1) is 15.1. The lowest BCUT2D eigenvalue weighted by molar-refractivity contribution is -0.384. The lowest BCUT2D eigenvalue weighted by Crippen LogP contribution is -2.24. The Morgan fingerprint density at radius 1 is 1.28 bits per heavy atom. The summed E-state index contributed by atoms with van der Waals surface area (Å²) in [6.45, 7) is 3.74. The number of anilines is 1. The van der Waals surface area contributed by atoms with E-state index in [2.05, 4.69) is 16.9 Å². The molecular formula is C20H15F3N4O4S. The number of fused-ring (bicyclic) bond motifs is 1. The maximum Gasteiger partial charge on any atom is 0.416 e. The van der Waals surface area contributed by atoms with Gasteiger partial charge in [-0.05, 0) is 24.3 Å². The van der Waals surface area contributed by atoms with Gasteiger partial charge >= 0.3 is 6.18 Å². The maximum absolute atomic E-state index is 12.8. The molecule has 166 valence electrons. The molecule has 0 aliphatic rings. The Bertz CT molecular complexity index is 1270. The van der Waals surface area contributed by atoms with Gasteiger partial charge in [0.1, 0.15) is 5.69 Å². The van der Waals surface area contributed by atoms with E-state index in [0.29, 0.717) is 23.0 Å². The number of rotatable bonds is 7. The second-order valence-electron chi connectivity index (χ2n) is 6.44. The van der Waals surface area contributed by atoms with Crippen LogP contribution < -0.4 is 10.9 Å². The van der Waals surface area contributed by atoms with Crippen LogP contribution in [0.3, 0.4) is 0 Å². The van der Waals surface area contributed by atoms with Gasteiger partial charge in [-0.15, -0.1) is 6.58 Å². The molecule has 0 saturated heterocycles. The highest BCUT2D eigenvalue weighted by atomic mass is 32.2. The number of carbonyl (C=O) groups excluding carboxylic acids is 1. The minimum absolute atomic E-state index is 0.144. The SMILES string of the molecule is C=CCn1c(SCC(=O)Nc2ccc(C(F)(F)F)cc2[N+](=O)[O-])nc2ccccc2c1=O. The van der Waals surface area contributed by atoms with Crippen LogP contribution in [0.1, 0.15) is 5.56 Å². The fraction of sp³-hybridized carbons (Fsp3) is 0.150. The molecule has 1 aromatic heterocycles. The van der Waals surface area contributed by atoms with Crippen LogP contribution in [0.4, 0.5) is 24.5 Å². The molecule has 0 radical (unpaired) electrons. The first-order valence-corrected chi connectivity index (χ1v) is 9.99. The van der Waals surface area contributed by atoms with Gasteiger partial charge in [0.2, 0.25) is 5.91 Å². The molecule has 0 bridgehead atoms. The number of nitrogens with zero attached hydrogens (tertiary/aromatic N) is 3. The summed E-state index contributed by atoms with van der Waals surface area (Å²) in [6, 6.07) is 8.49. The van der Waals surface area contributed by atoms with Crippen LogP contribution in [-0.4, -0.2) is 26.1 Å². The van der Waals surface area contributed by atoms with E-state index in [-0.39, 0.29) is 28.7 Å². The van der Waals surface area contributed by atoms with Gasteiger partial charge in [0.05, 0.1) is 27.1 Å².